The van der Waals surface area contributed by atoms with Gasteiger partial charge >= 0.3 is 5.97 Å². The summed E-state index contributed by atoms with van der Waals surface area (Å²) in [4.78, 5) is 10.6. The molecule has 0 aliphatic rings. The first-order valence-electron chi connectivity index (χ1n) is 7.96. The largest absolute Gasteiger partial charge is 0.481 e. The fourth-order valence-electron chi connectivity index (χ4n) is 2.18. The van der Waals surface area contributed by atoms with E-state index in [0.717, 1.165) is 18.4 Å². The fourth-order valence-corrected chi connectivity index (χ4v) is 2.18. The Kier molecular flexibility index (Phi) is 8.83. The maximum Gasteiger partial charge on any atom is 0.306 e. The van der Waals surface area contributed by atoms with Crippen molar-refractivity contribution < 1.29 is 23.8 Å². The van der Waals surface area contributed by atoms with E-state index in [-0.39, 0.29) is 12.5 Å². The summed E-state index contributed by atoms with van der Waals surface area (Å²) < 4.78 is 9.77. The highest BCUT2D eigenvalue weighted by atomic mass is 16.4. The Bertz CT molecular complexity index is 512. The molecule has 128 valence electrons. The van der Waals surface area contributed by atoms with Crippen molar-refractivity contribution >= 4 is 5.97 Å². The number of hydrogen-bond donors (Lipinski definition) is 2. The second kappa shape index (κ2) is 10.7. The molecule has 2 N–H and O–H groups in total. The summed E-state index contributed by atoms with van der Waals surface area (Å²) in [6.07, 6.45) is 9.70. The average Bonchev–Trinajstić information content (AvgIpc) is 3.24. The quantitative estimate of drug-likeness (QED) is 0.773. The first kappa shape index (κ1) is 19.0. The van der Waals surface area contributed by atoms with Gasteiger partial charge in [-0.3, -0.25) is 4.79 Å². The van der Waals surface area contributed by atoms with E-state index in [2.05, 4.69) is 6.92 Å². The lowest BCUT2D eigenvalue weighted by Crippen LogP contribution is -2.14. The van der Waals surface area contributed by atoms with Crippen molar-refractivity contribution in [3.63, 3.8) is 0 Å². The predicted molar refractivity (Wildman–Crippen MR) is 87.1 cm³/mol. The molecule has 0 saturated heterocycles. The van der Waals surface area contributed by atoms with Gasteiger partial charge in [0.2, 0.25) is 0 Å². The lowest BCUT2D eigenvalue weighted by Gasteiger charge is -2.08. The van der Waals surface area contributed by atoms with Gasteiger partial charge in [-0.1, -0.05) is 20.3 Å². The zero-order valence-electron chi connectivity index (χ0n) is 13.8. The summed E-state index contributed by atoms with van der Waals surface area (Å²) in [6, 6.07) is 3.74. The van der Waals surface area contributed by atoms with Crippen LogP contribution in [0, 0.1) is 11.8 Å². The van der Waals surface area contributed by atoms with Crippen LogP contribution >= 0.6 is 0 Å². The first-order valence-corrected chi connectivity index (χ1v) is 7.96. The maximum atomic E-state index is 10.6. The molecule has 2 atom stereocenters. The number of carboxylic acids is 1. The van der Waals surface area contributed by atoms with Crippen LogP contribution in [0.25, 0.3) is 0 Å². The molecule has 0 amide bonds. The van der Waals surface area contributed by atoms with Crippen molar-refractivity contribution in [1.29, 1.82) is 0 Å². The van der Waals surface area contributed by atoms with Crippen LogP contribution in [0.4, 0.5) is 0 Å². The molecule has 2 aromatic rings. The van der Waals surface area contributed by atoms with Gasteiger partial charge in [-0.2, -0.15) is 0 Å². The van der Waals surface area contributed by atoms with Gasteiger partial charge in [0.25, 0.3) is 0 Å². The van der Waals surface area contributed by atoms with E-state index in [1.54, 1.807) is 31.1 Å². The molecule has 0 bridgehead atoms. The topological polar surface area (TPSA) is 83.8 Å². The molecule has 0 unspecified atom stereocenters. The van der Waals surface area contributed by atoms with Gasteiger partial charge < -0.3 is 19.0 Å². The zero-order chi connectivity index (χ0) is 17.1. The molecule has 5 heteroatoms. The summed E-state index contributed by atoms with van der Waals surface area (Å²) >= 11 is 0. The number of furan rings is 2. The monoisotopic (exact) mass is 322 g/mol. The van der Waals surface area contributed by atoms with Crippen LogP contribution in [0.5, 0.6) is 0 Å². The second-order valence-electron chi connectivity index (χ2n) is 5.57. The minimum absolute atomic E-state index is 0.266. The van der Waals surface area contributed by atoms with E-state index in [1.807, 2.05) is 13.0 Å². The minimum atomic E-state index is -0.737. The third kappa shape index (κ3) is 7.19. The number of aliphatic hydroxyl groups excluding tert-OH is 1. The average molecular weight is 322 g/mol. The molecular weight excluding hydrogens is 296 g/mol. The van der Waals surface area contributed by atoms with E-state index >= 15 is 0 Å². The van der Waals surface area contributed by atoms with Gasteiger partial charge in [-0.05, 0) is 48.4 Å². The van der Waals surface area contributed by atoms with Crippen LogP contribution in [-0.2, 0) is 17.6 Å². The molecule has 0 saturated carbocycles. The van der Waals surface area contributed by atoms with E-state index in [4.69, 9.17) is 19.0 Å². The van der Waals surface area contributed by atoms with Crippen LogP contribution < -0.4 is 0 Å². The first-order chi connectivity index (χ1) is 11.1. The molecule has 0 aromatic carbocycles. The number of rotatable bonds is 8. The van der Waals surface area contributed by atoms with Gasteiger partial charge in [0, 0.05) is 6.61 Å². The summed E-state index contributed by atoms with van der Waals surface area (Å²) in [5.41, 5.74) is 2.12. The molecule has 2 aromatic heterocycles. The highest BCUT2D eigenvalue weighted by Gasteiger charge is 2.15. The van der Waals surface area contributed by atoms with Crippen molar-refractivity contribution in [3.8, 4) is 0 Å². The summed E-state index contributed by atoms with van der Waals surface area (Å²) in [5.74, 6) is -0.645. The molecule has 23 heavy (non-hydrogen) atoms. The summed E-state index contributed by atoms with van der Waals surface area (Å²) in [5, 5.41) is 17.6. The van der Waals surface area contributed by atoms with E-state index < -0.39 is 5.97 Å². The maximum absolute atomic E-state index is 10.6. The van der Waals surface area contributed by atoms with Crippen LogP contribution in [0.2, 0.25) is 0 Å². The number of hydrogen-bond acceptors (Lipinski definition) is 4. The van der Waals surface area contributed by atoms with Gasteiger partial charge in [0.15, 0.2) is 0 Å². The Morgan fingerprint density at radius 1 is 1.04 bits per heavy atom. The third-order valence-electron chi connectivity index (χ3n) is 3.84. The molecule has 0 radical (unpaired) electrons. The second-order valence-corrected chi connectivity index (χ2v) is 5.57. The Hall–Kier alpha value is -2.01. The molecular formula is C18H26O5. The number of aliphatic hydroxyl groups is 1. The third-order valence-corrected chi connectivity index (χ3v) is 3.84. The minimum Gasteiger partial charge on any atom is -0.481 e. The van der Waals surface area contributed by atoms with Crippen molar-refractivity contribution in [2.45, 2.75) is 39.5 Å². The predicted octanol–water partition coefficient (Wildman–Crippen LogP) is 3.77. The zero-order valence-corrected chi connectivity index (χ0v) is 13.8. The molecule has 0 fully saturated rings. The van der Waals surface area contributed by atoms with E-state index in [1.165, 1.54) is 5.56 Å². The SMILES string of the molecule is CC[C@@H](CO)Cc1ccoc1.CC[C@H](Cc1ccoc1)C(=O)O. The molecule has 0 aliphatic carbocycles. The normalized spacial score (nSPS) is 13.0. The molecule has 2 rings (SSSR count). The van der Waals surface area contributed by atoms with E-state index in [9.17, 15) is 4.79 Å². The Balaban J connectivity index is 0.000000231. The van der Waals surface area contributed by atoms with Crippen LogP contribution in [0.15, 0.2) is 46.0 Å². The Morgan fingerprint density at radius 3 is 1.96 bits per heavy atom. The van der Waals surface area contributed by atoms with Gasteiger partial charge in [0.05, 0.1) is 31.0 Å². The lowest BCUT2D eigenvalue weighted by atomic mass is 9.99. The van der Waals surface area contributed by atoms with Gasteiger partial charge in [-0.15, -0.1) is 0 Å². The summed E-state index contributed by atoms with van der Waals surface area (Å²) in [6.45, 7) is 4.22. The summed E-state index contributed by atoms with van der Waals surface area (Å²) in [7, 11) is 0. The Morgan fingerprint density at radius 2 is 1.61 bits per heavy atom. The van der Waals surface area contributed by atoms with Crippen molar-refractivity contribution in [2.24, 2.45) is 11.8 Å². The molecule has 0 aliphatic heterocycles. The van der Waals surface area contributed by atoms with Gasteiger partial charge in [-0.25, -0.2) is 0 Å². The number of carboxylic acid groups (broad SMARTS) is 1. The van der Waals surface area contributed by atoms with Crippen LogP contribution in [0.3, 0.4) is 0 Å². The molecule has 2 heterocycles. The highest BCUT2D eigenvalue weighted by molar-refractivity contribution is 5.70. The smallest absolute Gasteiger partial charge is 0.306 e. The van der Waals surface area contributed by atoms with Crippen molar-refractivity contribution in [2.75, 3.05) is 6.61 Å². The highest BCUT2D eigenvalue weighted by Crippen LogP contribution is 2.12. The molecule has 0 spiro atoms. The van der Waals surface area contributed by atoms with Crippen molar-refractivity contribution in [1.82, 2.24) is 0 Å². The number of carbonyl (C=O) groups is 1. The number of aliphatic carboxylic acids is 1. The van der Waals surface area contributed by atoms with Gasteiger partial charge in [0.1, 0.15) is 0 Å². The van der Waals surface area contributed by atoms with Crippen molar-refractivity contribution in [3.05, 3.63) is 48.3 Å². The lowest BCUT2D eigenvalue weighted by molar-refractivity contribution is -0.141. The Labute approximate surface area is 136 Å². The van der Waals surface area contributed by atoms with Crippen LogP contribution in [0.1, 0.15) is 37.8 Å². The fraction of sp³-hybridized carbons (Fsp3) is 0.500. The van der Waals surface area contributed by atoms with E-state index in [0.29, 0.717) is 18.8 Å². The standard InChI is InChI=1S/C9H12O3.C9H14O2/c1-2-8(9(10)11)5-7-3-4-12-6-7;1-2-8(6-10)5-9-3-4-11-7-9/h3-4,6,8H,2,5H2,1H3,(H,10,11);3-4,7-8,10H,2,5-6H2,1H3/t2*8-/m11/s1. The van der Waals surface area contributed by atoms with Crippen LogP contribution in [-0.4, -0.2) is 22.8 Å². The molecule has 5 nitrogen and oxygen atoms in total.